The largest absolute Gasteiger partial charge is 0.346 e. The van der Waals surface area contributed by atoms with E-state index in [1.807, 2.05) is 0 Å². The fourth-order valence-corrected chi connectivity index (χ4v) is 0.991. The summed E-state index contributed by atoms with van der Waals surface area (Å²) in [5.41, 5.74) is 0.404. The van der Waals surface area contributed by atoms with Crippen molar-refractivity contribution in [2.75, 3.05) is 14.1 Å². The molecule has 0 saturated heterocycles. The third-order valence-corrected chi connectivity index (χ3v) is 1.75. The molecule has 0 N–H and O–H groups in total. The summed E-state index contributed by atoms with van der Waals surface area (Å²) in [6, 6.07) is 8.42. The lowest BCUT2D eigenvalue weighted by Gasteiger charge is -2.13. The molecule has 13 heavy (non-hydrogen) atoms. The summed E-state index contributed by atoms with van der Waals surface area (Å²) in [6.45, 7) is 0. The van der Waals surface area contributed by atoms with Crippen LogP contribution in [0.3, 0.4) is 0 Å². The second kappa shape index (κ2) is 4.03. The average molecular weight is 181 g/mol. The maximum atomic E-state index is 13.4. The van der Waals surface area contributed by atoms with Crippen LogP contribution in [0.25, 0.3) is 0 Å². The van der Waals surface area contributed by atoms with Gasteiger partial charge in [0.1, 0.15) is 0 Å². The summed E-state index contributed by atoms with van der Waals surface area (Å²) in [5.74, 6) is -0.522. The Hall–Kier alpha value is -1.38. The van der Waals surface area contributed by atoms with Gasteiger partial charge in [-0.15, -0.1) is 0 Å². The Morgan fingerprint density at radius 3 is 2.31 bits per heavy atom. The zero-order valence-corrected chi connectivity index (χ0v) is 7.70. The fraction of sp³-hybridized carbons (Fsp3) is 0.300. The summed E-state index contributed by atoms with van der Waals surface area (Å²) in [4.78, 5) is 12.4. The molecule has 0 heterocycles. The summed E-state index contributed by atoms with van der Waals surface area (Å²) in [7, 11) is 3.08. The Morgan fingerprint density at radius 2 is 1.85 bits per heavy atom. The highest BCUT2D eigenvalue weighted by Gasteiger charge is 2.20. The van der Waals surface area contributed by atoms with Crippen LogP contribution < -0.4 is 0 Å². The molecule has 0 fully saturated rings. The van der Waals surface area contributed by atoms with E-state index in [9.17, 15) is 9.18 Å². The first-order valence-electron chi connectivity index (χ1n) is 4.03. The van der Waals surface area contributed by atoms with Crippen molar-refractivity contribution >= 4 is 5.91 Å². The SMILES string of the molecule is CN(C)C(=O)C(F)c1ccccc1. The maximum absolute atomic E-state index is 13.4. The van der Waals surface area contributed by atoms with Gasteiger partial charge < -0.3 is 4.90 Å². The van der Waals surface area contributed by atoms with Crippen molar-refractivity contribution in [2.24, 2.45) is 0 Å². The number of likely N-dealkylation sites (N-methyl/N-ethyl adjacent to an activating group) is 1. The lowest BCUT2D eigenvalue weighted by molar-refractivity contribution is -0.134. The lowest BCUT2D eigenvalue weighted by Crippen LogP contribution is -2.25. The minimum absolute atomic E-state index is 0.404. The van der Waals surface area contributed by atoms with Gasteiger partial charge in [-0.25, -0.2) is 4.39 Å². The van der Waals surface area contributed by atoms with E-state index in [2.05, 4.69) is 0 Å². The number of hydrogen-bond donors (Lipinski definition) is 0. The number of carbonyl (C=O) groups is 1. The van der Waals surface area contributed by atoms with E-state index in [0.717, 1.165) is 0 Å². The highest BCUT2D eigenvalue weighted by Crippen LogP contribution is 2.18. The van der Waals surface area contributed by atoms with Gasteiger partial charge in [-0.2, -0.15) is 0 Å². The van der Waals surface area contributed by atoms with E-state index in [-0.39, 0.29) is 0 Å². The molecule has 1 unspecified atom stereocenters. The molecule has 0 aromatic heterocycles. The number of hydrogen-bond acceptors (Lipinski definition) is 1. The molecule has 2 nitrogen and oxygen atoms in total. The minimum atomic E-state index is -1.55. The van der Waals surface area contributed by atoms with Gasteiger partial charge in [0, 0.05) is 14.1 Å². The summed E-state index contributed by atoms with van der Waals surface area (Å²) >= 11 is 0. The molecule has 1 atom stereocenters. The molecule has 0 radical (unpaired) electrons. The smallest absolute Gasteiger partial charge is 0.261 e. The van der Waals surface area contributed by atoms with Crippen molar-refractivity contribution in [1.82, 2.24) is 4.90 Å². The minimum Gasteiger partial charge on any atom is -0.346 e. The van der Waals surface area contributed by atoms with Gasteiger partial charge in [-0.1, -0.05) is 30.3 Å². The van der Waals surface area contributed by atoms with Gasteiger partial charge in [0.15, 0.2) is 0 Å². The zero-order chi connectivity index (χ0) is 9.84. The molecule has 0 aliphatic rings. The first kappa shape index (κ1) is 9.71. The summed E-state index contributed by atoms with van der Waals surface area (Å²) in [6.07, 6.45) is -1.55. The van der Waals surface area contributed by atoms with E-state index in [1.54, 1.807) is 30.3 Å². The molecule has 1 rings (SSSR count). The van der Waals surface area contributed by atoms with Crippen molar-refractivity contribution in [3.63, 3.8) is 0 Å². The Bertz CT molecular complexity index is 284. The topological polar surface area (TPSA) is 20.3 Å². The third-order valence-electron chi connectivity index (χ3n) is 1.75. The first-order chi connectivity index (χ1) is 6.13. The predicted octanol–water partition coefficient (Wildman–Crippen LogP) is 1.79. The van der Waals surface area contributed by atoms with Crippen molar-refractivity contribution in [1.29, 1.82) is 0 Å². The number of halogens is 1. The lowest BCUT2D eigenvalue weighted by atomic mass is 10.1. The van der Waals surface area contributed by atoms with Crippen LogP contribution in [0.15, 0.2) is 30.3 Å². The van der Waals surface area contributed by atoms with Crippen LogP contribution in [-0.2, 0) is 4.79 Å². The summed E-state index contributed by atoms with van der Waals surface area (Å²) < 4.78 is 13.4. The molecule has 1 aromatic rings. The second-order valence-electron chi connectivity index (χ2n) is 3.01. The molecular formula is C10H12FNO. The van der Waals surface area contributed by atoms with Gasteiger partial charge in [0.05, 0.1) is 0 Å². The Morgan fingerprint density at radius 1 is 1.31 bits per heavy atom. The standard InChI is InChI=1S/C10H12FNO/c1-12(2)10(13)9(11)8-6-4-3-5-7-8/h3-7,9H,1-2H3. The Balaban J connectivity index is 2.80. The van der Waals surface area contributed by atoms with E-state index < -0.39 is 12.1 Å². The monoisotopic (exact) mass is 181 g/mol. The number of benzene rings is 1. The van der Waals surface area contributed by atoms with Crippen LogP contribution in [0.5, 0.6) is 0 Å². The van der Waals surface area contributed by atoms with Crippen molar-refractivity contribution in [2.45, 2.75) is 6.17 Å². The van der Waals surface area contributed by atoms with E-state index >= 15 is 0 Å². The zero-order valence-electron chi connectivity index (χ0n) is 7.70. The molecule has 1 aromatic carbocycles. The molecular weight excluding hydrogens is 169 g/mol. The second-order valence-corrected chi connectivity index (χ2v) is 3.01. The van der Waals surface area contributed by atoms with Gasteiger partial charge in [0.25, 0.3) is 5.91 Å². The number of rotatable bonds is 2. The molecule has 0 bridgehead atoms. The van der Waals surface area contributed by atoms with Crippen LogP contribution in [0.4, 0.5) is 4.39 Å². The highest BCUT2D eigenvalue weighted by atomic mass is 19.1. The fourth-order valence-electron chi connectivity index (χ4n) is 0.991. The number of nitrogens with zero attached hydrogens (tertiary/aromatic N) is 1. The first-order valence-corrected chi connectivity index (χ1v) is 4.03. The Kier molecular flexibility index (Phi) is 3.01. The van der Waals surface area contributed by atoms with Crippen LogP contribution in [0.1, 0.15) is 11.7 Å². The molecule has 0 saturated carbocycles. The van der Waals surface area contributed by atoms with Crippen LogP contribution in [0, 0.1) is 0 Å². The van der Waals surface area contributed by atoms with Crippen LogP contribution >= 0.6 is 0 Å². The summed E-state index contributed by atoms with van der Waals surface area (Å²) in [5, 5.41) is 0. The normalized spacial score (nSPS) is 12.2. The van der Waals surface area contributed by atoms with Gasteiger partial charge >= 0.3 is 0 Å². The van der Waals surface area contributed by atoms with Gasteiger partial charge in [0.2, 0.25) is 6.17 Å². The molecule has 1 amide bonds. The van der Waals surface area contributed by atoms with Crippen molar-refractivity contribution in [3.05, 3.63) is 35.9 Å². The maximum Gasteiger partial charge on any atom is 0.261 e. The molecule has 3 heteroatoms. The molecule has 70 valence electrons. The molecule has 0 aliphatic carbocycles. The third kappa shape index (κ3) is 2.28. The van der Waals surface area contributed by atoms with E-state index in [4.69, 9.17) is 0 Å². The Labute approximate surface area is 77.0 Å². The number of amides is 1. The van der Waals surface area contributed by atoms with E-state index in [0.29, 0.717) is 5.56 Å². The van der Waals surface area contributed by atoms with Gasteiger partial charge in [-0.05, 0) is 5.56 Å². The van der Waals surface area contributed by atoms with Crippen LogP contribution in [0.2, 0.25) is 0 Å². The van der Waals surface area contributed by atoms with Crippen molar-refractivity contribution in [3.8, 4) is 0 Å². The average Bonchev–Trinajstić information content (AvgIpc) is 2.17. The van der Waals surface area contributed by atoms with Crippen LogP contribution in [-0.4, -0.2) is 24.9 Å². The molecule has 0 aliphatic heterocycles. The quantitative estimate of drug-likeness (QED) is 0.681. The van der Waals surface area contributed by atoms with Gasteiger partial charge in [-0.3, -0.25) is 4.79 Å². The predicted molar refractivity (Wildman–Crippen MR) is 49.0 cm³/mol. The highest BCUT2D eigenvalue weighted by molar-refractivity contribution is 5.81. The number of carbonyl (C=O) groups excluding carboxylic acids is 1. The number of alkyl halides is 1. The van der Waals surface area contributed by atoms with Crippen molar-refractivity contribution < 1.29 is 9.18 Å². The molecule has 0 spiro atoms. The van der Waals surface area contributed by atoms with E-state index in [1.165, 1.54) is 19.0 Å².